The second-order valence-corrected chi connectivity index (χ2v) is 5.73. The zero-order chi connectivity index (χ0) is 12.0. The van der Waals surface area contributed by atoms with Crippen LogP contribution < -0.4 is 5.32 Å². The lowest BCUT2D eigenvalue weighted by Crippen LogP contribution is -2.26. The maximum atomic E-state index is 5.26. The highest BCUT2D eigenvalue weighted by Crippen LogP contribution is 2.25. The van der Waals surface area contributed by atoms with Gasteiger partial charge in [0.05, 0.1) is 12.6 Å². The first-order chi connectivity index (χ1) is 7.69. The van der Waals surface area contributed by atoms with E-state index in [9.17, 15) is 0 Å². The molecule has 0 aliphatic heterocycles. The molecule has 0 fully saturated rings. The maximum Gasteiger partial charge on any atom is 0.0658 e. The minimum absolute atomic E-state index is 0.258. The normalized spacial score (nSPS) is 12.8. The number of methoxy groups -OCH3 is 1. The summed E-state index contributed by atoms with van der Waals surface area (Å²) < 4.78 is 7.65. The lowest BCUT2D eigenvalue weighted by Gasteiger charge is -2.19. The molecule has 1 rings (SSSR count). The van der Waals surface area contributed by atoms with Gasteiger partial charge in [0.25, 0.3) is 0 Å². The molecule has 2 nitrogen and oxygen atoms in total. The fourth-order valence-corrected chi connectivity index (χ4v) is 2.56. The van der Waals surface area contributed by atoms with Crippen LogP contribution in [0.3, 0.4) is 0 Å². The maximum absolute atomic E-state index is 5.26. The van der Waals surface area contributed by atoms with Gasteiger partial charge in [-0.2, -0.15) is 0 Å². The lowest BCUT2D eigenvalue weighted by atomic mass is 10.1. The molecule has 1 unspecified atom stereocenters. The minimum atomic E-state index is 0.258. The van der Waals surface area contributed by atoms with Crippen LogP contribution in [0.25, 0.3) is 0 Å². The van der Waals surface area contributed by atoms with Crippen molar-refractivity contribution < 1.29 is 4.74 Å². The first-order valence-corrected chi connectivity index (χ1v) is 7.23. The summed E-state index contributed by atoms with van der Waals surface area (Å²) in [6.07, 6.45) is 1.13. The minimum Gasteiger partial charge on any atom is -0.383 e. The van der Waals surface area contributed by atoms with Crippen LogP contribution in [-0.2, 0) is 4.74 Å². The molecule has 90 valence electrons. The summed E-state index contributed by atoms with van der Waals surface area (Å²) >= 11 is 5.93. The highest BCUT2D eigenvalue weighted by molar-refractivity contribution is 14.1. The van der Waals surface area contributed by atoms with Crippen molar-refractivity contribution in [2.45, 2.75) is 19.4 Å². The van der Waals surface area contributed by atoms with Gasteiger partial charge >= 0.3 is 0 Å². The van der Waals surface area contributed by atoms with Crippen LogP contribution in [0.4, 0.5) is 0 Å². The molecule has 0 aliphatic carbocycles. The Bertz CT molecular complexity index is 333. The molecule has 1 aromatic rings. The van der Waals surface area contributed by atoms with Crippen molar-refractivity contribution in [3.8, 4) is 0 Å². The van der Waals surface area contributed by atoms with Gasteiger partial charge in [-0.15, -0.1) is 0 Å². The molecule has 0 heterocycles. The number of nitrogens with one attached hydrogen (secondary N) is 1. The van der Waals surface area contributed by atoms with Crippen LogP contribution in [0.2, 0.25) is 0 Å². The third-order valence-electron chi connectivity index (χ3n) is 2.31. The van der Waals surface area contributed by atoms with Gasteiger partial charge in [-0.3, -0.25) is 0 Å². The Morgan fingerprint density at radius 2 is 2.25 bits per heavy atom. The summed E-state index contributed by atoms with van der Waals surface area (Å²) in [5, 5.41) is 3.50. The molecular formula is C12H17BrINO. The van der Waals surface area contributed by atoms with Crippen molar-refractivity contribution in [2.24, 2.45) is 0 Å². The van der Waals surface area contributed by atoms with E-state index in [4.69, 9.17) is 4.74 Å². The standard InChI is InChI=1S/C12H17BrINO/c1-3-6-15-12(8-16-2)10-7-9(14)4-5-11(10)13/h4-5,7,12,15H,3,6,8H2,1-2H3. The predicted molar refractivity (Wildman–Crippen MR) is 79.8 cm³/mol. The number of rotatable bonds is 6. The van der Waals surface area contributed by atoms with Gasteiger partial charge in [-0.05, 0) is 59.3 Å². The van der Waals surface area contributed by atoms with Crippen molar-refractivity contribution in [3.05, 3.63) is 31.8 Å². The lowest BCUT2D eigenvalue weighted by molar-refractivity contribution is 0.167. The molecule has 16 heavy (non-hydrogen) atoms. The van der Waals surface area contributed by atoms with Crippen LogP contribution in [0.5, 0.6) is 0 Å². The Labute approximate surface area is 119 Å². The second kappa shape index (κ2) is 7.63. The summed E-state index contributed by atoms with van der Waals surface area (Å²) in [6, 6.07) is 6.64. The van der Waals surface area contributed by atoms with Crippen molar-refractivity contribution in [1.29, 1.82) is 0 Å². The molecule has 0 aromatic heterocycles. The van der Waals surface area contributed by atoms with E-state index in [0.29, 0.717) is 6.61 Å². The van der Waals surface area contributed by atoms with E-state index >= 15 is 0 Å². The summed E-state index contributed by atoms with van der Waals surface area (Å²) in [4.78, 5) is 0. The number of halogens is 2. The van der Waals surface area contributed by atoms with Gasteiger partial charge in [0.1, 0.15) is 0 Å². The summed E-state index contributed by atoms with van der Waals surface area (Å²) in [7, 11) is 1.74. The quantitative estimate of drug-likeness (QED) is 0.738. The first-order valence-electron chi connectivity index (χ1n) is 5.36. The first kappa shape index (κ1) is 14.4. The molecule has 0 saturated heterocycles. The third-order valence-corrected chi connectivity index (χ3v) is 3.70. The largest absolute Gasteiger partial charge is 0.383 e. The summed E-state index contributed by atoms with van der Waals surface area (Å²) in [5.74, 6) is 0. The highest BCUT2D eigenvalue weighted by atomic mass is 127. The molecule has 1 aromatic carbocycles. The average molecular weight is 398 g/mol. The zero-order valence-electron chi connectivity index (χ0n) is 9.59. The molecule has 0 bridgehead atoms. The Morgan fingerprint density at radius 1 is 1.50 bits per heavy atom. The van der Waals surface area contributed by atoms with E-state index in [1.165, 1.54) is 9.13 Å². The number of ether oxygens (including phenoxy) is 1. The fourth-order valence-electron chi connectivity index (χ4n) is 1.53. The van der Waals surface area contributed by atoms with E-state index in [2.05, 4.69) is 69.0 Å². The molecule has 1 N–H and O–H groups in total. The van der Waals surface area contributed by atoms with Crippen molar-refractivity contribution in [2.75, 3.05) is 20.3 Å². The topological polar surface area (TPSA) is 21.3 Å². The van der Waals surface area contributed by atoms with Crippen LogP contribution in [-0.4, -0.2) is 20.3 Å². The van der Waals surface area contributed by atoms with E-state index in [-0.39, 0.29) is 6.04 Å². The predicted octanol–water partition coefficient (Wildman–Crippen LogP) is 3.74. The van der Waals surface area contributed by atoms with Gasteiger partial charge in [0.15, 0.2) is 0 Å². The third kappa shape index (κ3) is 4.31. The molecule has 0 spiro atoms. The zero-order valence-corrected chi connectivity index (χ0v) is 13.3. The van der Waals surface area contributed by atoms with Crippen LogP contribution >= 0.6 is 38.5 Å². The molecule has 4 heteroatoms. The van der Waals surface area contributed by atoms with Gasteiger partial charge in [-0.1, -0.05) is 22.9 Å². The average Bonchev–Trinajstić information content (AvgIpc) is 2.28. The van der Waals surface area contributed by atoms with Crippen LogP contribution in [0.1, 0.15) is 24.9 Å². The van der Waals surface area contributed by atoms with Crippen LogP contribution in [0, 0.1) is 3.57 Å². The number of benzene rings is 1. The Kier molecular flexibility index (Phi) is 6.87. The monoisotopic (exact) mass is 397 g/mol. The summed E-state index contributed by atoms with van der Waals surface area (Å²) in [6.45, 7) is 3.87. The molecule has 0 amide bonds. The smallest absolute Gasteiger partial charge is 0.0658 e. The molecule has 0 saturated carbocycles. The van der Waals surface area contributed by atoms with E-state index in [1.807, 2.05) is 0 Å². The molecular weight excluding hydrogens is 381 g/mol. The number of hydrogen-bond acceptors (Lipinski definition) is 2. The van der Waals surface area contributed by atoms with Crippen LogP contribution in [0.15, 0.2) is 22.7 Å². The fraction of sp³-hybridized carbons (Fsp3) is 0.500. The number of hydrogen-bond donors (Lipinski definition) is 1. The van der Waals surface area contributed by atoms with Crippen molar-refractivity contribution in [3.63, 3.8) is 0 Å². The molecule has 1 atom stereocenters. The Hall–Kier alpha value is 0.350. The SMILES string of the molecule is CCCNC(COC)c1cc(I)ccc1Br. The van der Waals surface area contributed by atoms with Gasteiger partial charge in [-0.25, -0.2) is 0 Å². The van der Waals surface area contributed by atoms with Crippen molar-refractivity contribution >= 4 is 38.5 Å². The Morgan fingerprint density at radius 3 is 2.88 bits per heavy atom. The molecule has 0 aliphatic rings. The van der Waals surface area contributed by atoms with Crippen molar-refractivity contribution in [1.82, 2.24) is 5.32 Å². The second-order valence-electron chi connectivity index (χ2n) is 3.63. The van der Waals surface area contributed by atoms with Gasteiger partial charge in [0.2, 0.25) is 0 Å². The van der Waals surface area contributed by atoms with Gasteiger partial charge < -0.3 is 10.1 Å². The molecule has 0 radical (unpaired) electrons. The van der Waals surface area contributed by atoms with E-state index in [0.717, 1.165) is 17.4 Å². The van der Waals surface area contributed by atoms with E-state index < -0.39 is 0 Å². The van der Waals surface area contributed by atoms with Gasteiger partial charge in [0, 0.05) is 15.2 Å². The summed E-state index contributed by atoms with van der Waals surface area (Å²) in [5.41, 5.74) is 1.27. The van der Waals surface area contributed by atoms with E-state index in [1.54, 1.807) is 7.11 Å². The highest BCUT2D eigenvalue weighted by Gasteiger charge is 2.13. The Balaban J connectivity index is 2.85.